The largest absolute Gasteiger partial charge is 0.475 e. The van der Waals surface area contributed by atoms with Crippen LogP contribution in [0, 0.1) is 0 Å². The molecular formula is C15H16O4S. The van der Waals surface area contributed by atoms with Crippen LogP contribution < -0.4 is 0 Å². The Kier molecular flexibility index (Phi) is 3.98. The van der Waals surface area contributed by atoms with Gasteiger partial charge in [0.05, 0.1) is 0 Å². The van der Waals surface area contributed by atoms with Gasteiger partial charge in [-0.25, -0.2) is 4.79 Å². The Bertz CT molecular complexity index is 613. The topological polar surface area (TPSA) is 59.7 Å². The zero-order valence-electron chi connectivity index (χ0n) is 11.0. The van der Waals surface area contributed by atoms with Crippen LogP contribution in [0.15, 0.2) is 28.7 Å². The van der Waals surface area contributed by atoms with Crippen LogP contribution in [-0.4, -0.2) is 29.5 Å². The number of carboxylic acids is 1. The van der Waals surface area contributed by atoms with E-state index in [1.807, 2.05) is 30.0 Å². The van der Waals surface area contributed by atoms with E-state index in [1.165, 1.54) is 5.56 Å². The van der Waals surface area contributed by atoms with Gasteiger partial charge in [0.25, 0.3) is 0 Å². The van der Waals surface area contributed by atoms with Crippen molar-refractivity contribution in [2.24, 2.45) is 0 Å². The van der Waals surface area contributed by atoms with Crippen LogP contribution in [0.3, 0.4) is 0 Å². The number of thioether (sulfide) groups is 1. The van der Waals surface area contributed by atoms with Gasteiger partial charge in [-0.05, 0) is 36.6 Å². The smallest absolute Gasteiger partial charge is 0.371 e. The summed E-state index contributed by atoms with van der Waals surface area (Å²) in [6, 6.07) is 7.45. The number of fused-ring (bicyclic) bond motifs is 1. The summed E-state index contributed by atoms with van der Waals surface area (Å²) in [6.45, 7) is 1.72. The molecule has 20 heavy (non-hydrogen) atoms. The molecule has 2 aromatic rings. The number of benzene rings is 1. The molecule has 1 N–H and O–H groups in total. The lowest BCUT2D eigenvalue weighted by molar-refractivity contribution is 0.0665. The Labute approximate surface area is 121 Å². The minimum absolute atomic E-state index is 0.00534. The van der Waals surface area contributed by atoms with E-state index in [2.05, 4.69) is 0 Å². The first kappa shape index (κ1) is 13.5. The van der Waals surface area contributed by atoms with E-state index >= 15 is 0 Å². The molecule has 5 heteroatoms. The number of furan rings is 1. The molecule has 4 nitrogen and oxygen atoms in total. The molecule has 0 spiro atoms. The highest BCUT2D eigenvalue weighted by atomic mass is 32.2. The zero-order valence-corrected chi connectivity index (χ0v) is 11.8. The van der Waals surface area contributed by atoms with Gasteiger partial charge in [-0.3, -0.25) is 0 Å². The van der Waals surface area contributed by atoms with Crippen molar-refractivity contribution in [3.05, 3.63) is 35.6 Å². The molecule has 3 rings (SSSR count). The summed E-state index contributed by atoms with van der Waals surface area (Å²) < 4.78 is 10.6. The van der Waals surface area contributed by atoms with Crippen molar-refractivity contribution < 1.29 is 19.1 Å². The number of hydrogen-bond donors (Lipinski definition) is 1. The van der Waals surface area contributed by atoms with Crippen LogP contribution in [0.2, 0.25) is 0 Å². The predicted molar refractivity (Wildman–Crippen MR) is 78.3 cm³/mol. The summed E-state index contributed by atoms with van der Waals surface area (Å²) in [6.07, 6.45) is 2.23. The maximum absolute atomic E-state index is 10.9. The number of aromatic carboxylic acids is 1. The molecule has 2 heterocycles. The van der Waals surface area contributed by atoms with Crippen molar-refractivity contribution in [2.75, 3.05) is 13.2 Å². The van der Waals surface area contributed by atoms with Crippen molar-refractivity contribution in [3.8, 4) is 0 Å². The third kappa shape index (κ3) is 2.99. The Morgan fingerprint density at radius 3 is 2.85 bits per heavy atom. The molecule has 106 valence electrons. The number of carbonyl (C=O) groups is 1. The number of carboxylic acid groups (broad SMARTS) is 1. The van der Waals surface area contributed by atoms with Crippen molar-refractivity contribution in [2.45, 2.75) is 23.8 Å². The molecule has 0 aliphatic carbocycles. The van der Waals surface area contributed by atoms with Crippen LogP contribution >= 0.6 is 11.8 Å². The number of rotatable bonds is 4. The first-order valence-electron chi connectivity index (χ1n) is 6.67. The predicted octanol–water partition coefficient (Wildman–Crippen LogP) is 3.54. The summed E-state index contributed by atoms with van der Waals surface area (Å²) >= 11 is 1.95. The van der Waals surface area contributed by atoms with Gasteiger partial charge in [-0.15, -0.1) is 0 Å². The minimum Gasteiger partial charge on any atom is -0.475 e. The molecule has 1 aliphatic rings. The summed E-state index contributed by atoms with van der Waals surface area (Å²) in [5, 5.41) is 10.4. The Morgan fingerprint density at radius 2 is 2.10 bits per heavy atom. The quantitative estimate of drug-likeness (QED) is 0.934. The van der Waals surface area contributed by atoms with Gasteiger partial charge in [-0.2, -0.15) is 11.8 Å². The van der Waals surface area contributed by atoms with Gasteiger partial charge in [0, 0.05) is 29.6 Å². The molecule has 1 aromatic heterocycles. The maximum Gasteiger partial charge on any atom is 0.371 e. The molecule has 0 unspecified atom stereocenters. The molecule has 1 aliphatic heterocycles. The lowest BCUT2D eigenvalue weighted by Gasteiger charge is -2.21. The van der Waals surface area contributed by atoms with E-state index < -0.39 is 5.97 Å². The van der Waals surface area contributed by atoms with E-state index in [4.69, 9.17) is 14.3 Å². The summed E-state index contributed by atoms with van der Waals surface area (Å²) in [5.74, 6) is -0.0951. The zero-order chi connectivity index (χ0) is 13.9. The summed E-state index contributed by atoms with van der Waals surface area (Å²) in [5.41, 5.74) is 1.83. The second-order valence-corrected chi connectivity index (χ2v) is 6.20. The van der Waals surface area contributed by atoms with Crippen LogP contribution in [0.5, 0.6) is 0 Å². The highest BCUT2D eigenvalue weighted by Gasteiger charge is 2.15. The molecule has 1 aromatic carbocycles. The number of ether oxygens (including phenoxy) is 1. The number of hydrogen-bond acceptors (Lipinski definition) is 4. The van der Waals surface area contributed by atoms with E-state index in [-0.39, 0.29) is 5.76 Å². The SMILES string of the molecule is O=C(O)c1cc2cc(CSC3CCOCC3)ccc2o1. The highest BCUT2D eigenvalue weighted by molar-refractivity contribution is 7.99. The Hall–Kier alpha value is -1.46. The summed E-state index contributed by atoms with van der Waals surface area (Å²) in [7, 11) is 0. The van der Waals surface area contributed by atoms with E-state index in [0.717, 1.165) is 37.2 Å². The minimum atomic E-state index is -1.03. The lowest BCUT2D eigenvalue weighted by Crippen LogP contribution is -2.17. The first-order valence-corrected chi connectivity index (χ1v) is 7.72. The van der Waals surface area contributed by atoms with Crippen molar-refractivity contribution >= 4 is 28.7 Å². The average molecular weight is 292 g/mol. The van der Waals surface area contributed by atoms with Gasteiger partial charge in [0.2, 0.25) is 5.76 Å². The second-order valence-electron chi connectivity index (χ2n) is 4.91. The van der Waals surface area contributed by atoms with Crippen molar-refractivity contribution in [3.63, 3.8) is 0 Å². The molecule has 0 amide bonds. The van der Waals surface area contributed by atoms with E-state index in [9.17, 15) is 4.79 Å². The Balaban J connectivity index is 1.70. The first-order chi connectivity index (χ1) is 9.72. The Morgan fingerprint density at radius 1 is 1.30 bits per heavy atom. The van der Waals surface area contributed by atoms with Gasteiger partial charge in [0.15, 0.2) is 0 Å². The van der Waals surface area contributed by atoms with Crippen molar-refractivity contribution in [1.29, 1.82) is 0 Å². The third-order valence-electron chi connectivity index (χ3n) is 3.45. The molecule has 0 saturated carbocycles. The lowest BCUT2D eigenvalue weighted by atomic mass is 10.2. The molecule has 0 atom stereocenters. The van der Waals surface area contributed by atoms with Gasteiger partial charge < -0.3 is 14.3 Å². The molecule has 0 radical (unpaired) electrons. The molecule has 1 saturated heterocycles. The van der Waals surface area contributed by atoms with Gasteiger partial charge in [-0.1, -0.05) is 6.07 Å². The van der Waals surface area contributed by atoms with Crippen LogP contribution in [0.25, 0.3) is 11.0 Å². The fourth-order valence-electron chi connectivity index (χ4n) is 2.34. The molecule has 1 fully saturated rings. The van der Waals surface area contributed by atoms with Gasteiger partial charge >= 0.3 is 5.97 Å². The monoisotopic (exact) mass is 292 g/mol. The van der Waals surface area contributed by atoms with Crippen LogP contribution in [0.1, 0.15) is 29.0 Å². The maximum atomic E-state index is 10.9. The van der Waals surface area contributed by atoms with Crippen LogP contribution in [-0.2, 0) is 10.5 Å². The summed E-state index contributed by atoms with van der Waals surface area (Å²) in [4.78, 5) is 10.9. The van der Waals surface area contributed by atoms with Crippen LogP contribution in [0.4, 0.5) is 0 Å². The van der Waals surface area contributed by atoms with E-state index in [0.29, 0.717) is 10.8 Å². The standard InChI is InChI=1S/C15H16O4S/c16-15(17)14-8-11-7-10(1-2-13(11)19-14)9-20-12-3-5-18-6-4-12/h1-2,7-8,12H,3-6,9H2,(H,16,17). The fourth-order valence-corrected chi connectivity index (χ4v) is 3.48. The fraction of sp³-hybridized carbons (Fsp3) is 0.400. The normalized spacial score (nSPS) is 16.6. The molecular weight excluding hydrogens is 276 g/mol. The average Bonchev–Trinajstić information content (AvgIpc) is 2.89. The van der Waals surface area contributed by atoms with E-state index in [1.54, 1.807) is 6.07 Å². The molecule has 0 bridgehead atoms. The van der Waals surface area contributed by atoms with Gasteiger partial charge in [0.1, 0.15) is 5.58 Å². The highest BCUT2D eigenvalue weighted by Crippen LogP contribution is 2.28. The third-order valence-corrected chi connectivity index (χ3v) is 4.89. The second kappa shape index (κ2) is 5.89. The van der Waals surface area contributed by atoms with Crippen molar-refractivity contribution in [1.82, 2.24) is 0 Å².